The molecule has 0 bridgehead atoms. The lowest BCUT2D eigenvalue weighted by Gasteiger charge is -2.10. The number of carbonyl (C=O) groups excluding carboxylic acids is 1. The molecule has 0 saturated heterocycles. The van der Waals surface area contributed by atoms with E-state index in [4.69, 9.17) is 5.11 Å². The van der Waals surface area contributed by atoms with Crippen molar-refractivity contribution in [1.29, 1.82) is 0 Å². The Morgan fingerprint density at radius 2 is 2.19 bits per heavy atom. The second-order valence-electron chi connectivity index (χ2n) is 2.85. The number of hydrogen-bond acceptors (Lipinski definition) is 3. The Balaban J connectivity index is 2.56. The Morgan fingerprint density at radius 3 is 2.62 bits per heavy atom. The predicted molar refractivity (Wildman–Crippen MR) is 64.1 cm³/mol. The molecule has 1 aromatic rings. The summed E-state index contributed by atoms with van der Waals surface area (Å²) in [4.78, 5) is 11.5. The van der Waals surface area contributed by atoms with Crippen LogP contribution in [0.3, 0.4) is 0 Å². The van der Waals surface area contributed by atoms with Gasteiger partial charge >= 0.3 is 0 Å². The van der Waals surface area contributed by atoms with Crippen molar-refractivity contribution in [2.75, 3.05) is 6.54 Å². The Labute approximate surface area is 111 Å². The van der Waals surface area contributed by atoms with Gasteiger partial charge in [0.05, 0.1) is 13.1 Å². The quantitative estimate of drug-likeness (QED) is 0.846. The average Bonchev–Trinajstić information content (AvgIpc) is 2.53. The van der Waals surface area contributed by atoms with E-state index < -0.39 is 25.0 Å². The van der Waals surface area contributed by atoms with Crippen molar-refractivity contribution in [1.82, 2.24) is 5.32 Å². The summed E-state index contributed by atoms with van der Waals surface area (Å²) >= 11 is 7.66. The molecule has 1 aromatic heterocycles. The zero-order chi connectivity index (χ0) is 12.3. The van der Waals surface area contributed by atoms with Crippen LogP contribution in [0, 0.1) is 0 Å². The van der Waals surface area contributed by atoms with Gasteiger partial charge in [0.2, 0.25) is 0 Å². The van der Waals surface area contributed by atoms with Crippen molar-refractivity contribution < 1.29 is 18.7 Å². The molecular formula is C8H7Br2F2NO2S. The molecule has 8 heteroatoms. The summed E-state index contributed by atoms with van der Waals surface area (Å²) in [5.41, 5.74) is 0.346. The van der Waals surface area contributed by atoms with Gasteiger partial charge < -0.3 is 10.4 Å². The summed E-state index contributed by atoms with van der Waals surface area (Å²) in [5.74, 6) is -0.506. The maximum Gasteiger partial charge on any atom is 0.265 e. The molecule has 1 unspecified atom stereocenters. The van der Waals surface area contributed by atoms with Crippen LogP contribution >= 0.6 is 43.2 Å². The maximum atomic E-state index is 11.9. The lowest BCUT2D eigenvalue weighted by Crippen LogP contribution is -2.35. The topological polar surface area (TPSA) is 49.3 Å². The van der Waals surface area contributed by atoms with Gasteiger partial charge in [-0.1, -0.05) is 0 Å². The van der Waals surface area contributed by atoms with Crippen LogP contribution in [0.15, 0.2) is 13.6 Å². The number of thiophene rings is 1. The first-order valence-electron chi connectivity index (χ1n) is 4.11. The SMILES string of the molecule is O=C(NCC(O)C(F)F)c1cc(Br)sc1Br. The van der Waals surface area contributed by atoms with E-state index in [0.717, 1.165) is 3.79 Å². The van der Waals surface area contributed by atoms with Crippen molar-refractivity contribution in [2.24, 2.45) is 0 Å². The highest BCUT2D eigenvalue weighted by Gasteiger charge is 2.19. The van der Waals surface area contributed by atoms with Gasteiger partial charge in [0, 0.05) is 6.54 Å². The van der Waals surface area contributed by atoms with Gasteiger partial charge in [0.15, 0.2) is 0 Å². The van der Waals surface area contributed by atoms with Crippen molar-refractivity contribution in [3.8, 4) is 0 Å². The van der Waals surface area contributed by atoms with Gasteiger partial charge in [-0.05, 0) is 37.9 Å². The molecule has 0 fully saturated rings. The third-order valence-electron chi connectivity index (χ3n) is 1.66. The zero-order valence-corrected chi connectivity index (χ0v) is 11.7. The number of amides is 1. The first-order chi connectivity index (χ1) is 7.41. The Morgan fingerprint density at radius 1 is 1.56 bits per heavy atom. The van der Waals surface area contributed by atoms with E-state index in [1.807, 2.05) is 0 Å². The first kappa shape index (κ1) is 14.0. The van der Waals surface area contributed by atoms with E-state index in [9.17, 15) is 13.6 Å². The average molecular weight is 379 g/mol. The van der Waals surface area contributed by atoms with E-state index in [-0.39, 0.29) is 0 Å². The Bertz CT molecular complexity index is 386. The Hall–Kier alpha value is -0.0500. The number of aliphatic hydroxyl groups excluding tert-OH is 1. The third kappa shape index (κ3) is 3.76. The van der Waals surface area contributed by atoms with Crippen LogP contribution in [0.25, 0.3) is 0 Å². The molecule has 0 aliphatic rings. The largest absolute Gasteiger partial charge is 0.385 e. The first-order valence-corrected chi connectivity index (χ1v) is 6.51. The number of nitrogens with one attached hydrogen (secondary N) is 1. The summed E-state index contributed by atoms with van der Waals surface area (Å²) in [6.07, 6.45) is -4.71. The van der Waals surface area contributed by atoms with Crippen LogP contribution in [0.5, 0.6) is 0 Å². The van der Waals surface area contributed by atoms with Gasteiger partial charge in [0.25, 0.3) is 12.3 Å². The molecule has 0 radical (unpaired) electrons. The van der Waals surface area contributed by atoms with E-state index in [0.29, 0.717) is 9.35 Å². The fourth-order valence-corrected chi connectivity index (χ4v) is 3.67. The predicted octanol–water partition coefficient (Wildman–Crippen LogP) is 2.63. The molecule has 0 aliphatic carbocycles. The molecule has 90 valence electrons. The van der Waals surface area contributed by atoms with Crippen molar-refractivity contribution >= 4 is 49.1 Å². The van der Waals surface area contributed by atoms with Crippen molar-refractivity contribution in [3.05, 3.63) is 19.2 Å². The Kier molecular flexibility index (Phi) is 5.29. The number of alkyl halides is 2. The minimum atomic E-state index is -2.86. The second kappa shape index (κ2) is 6.04. The lowest BCUT2D eigenvalue weighted by atomic mass is 10.3. The van der Waals surface area contributed by atoms with Crippen LogP contribution in [-0.4, -0.2) is 30.1 Å². The molecule has 0 spiro atoms. The summed E-state index contributed by atoms with van der Waals surface area (Å²) < 4.78 is 25.2. The molecule has 2 N–H and O–H groups in total. The number of rotatable bonds is 4. The monoisotopic (exact) mass is 377 g/mol. The van der Waals surface area contributed by atoms with Gasteiger partial charge in [0.1, 0.15) is 6.10 Å². The molecule has 1 rings (SSSR count). The number of hydrogen-bond donors (Lipinski definition) is 2. The van der Waals surface area contributed by atoms with Crippen molar-refractivity contribution in [3.63, 3.8) is 0 Å². The highest BCUT2D eigenvalue weighted by molar-refractivity contribution is 9.12. The maximum absolute atomic E-state index is 11.9. The third-order valence-corrected chi connectivity index (χ3v) is 4.00. The minimum absolute atomic E-state index is 0.346. The molecule has 1 amide bonds. The molecule has 1 atom stereocenters. The van der Waals surface area contributed by atoms with Gasteiger partial charge in [-0.2, -0.15) is 0 Å². The fraction of sp³-hybridized carbons (Fsp3) is 0.375. The van der Waals surface area contributed by atoms with Crippen molar-refractivity contribution in [2.45, 2.75) is 12.5 Å². The molecule has 0 saturated carbocycles. The molecule has 16 heavy (non-hydrogen) atoms. The smallest absolute Gasteiger partial charge is 0.265 e. The van der Waals surface area contributed by atoms with Gasteiger partial charge in [-0.25, -0.2) is 8.78 Å². The minimum Gasteiger partial charge on any atom is -0.385 e. The number of carbonyl (C=O) groups is 1. The summed E-state index contributed by atoms with van der Waals surface area (Å²) in [7, 11) is 0. The second-order valence-corrected chi connectivity index (χ2v) is 6.60. The fourth-order valence-electron chi connectivity index (χ4n) is 0.877. The standard InChI is InChI=1S/C8H7Br2F2NO2S/c9-5-1-3(6(10)16-5)8(15)13-2-4(14)7(11)12/h1,4,7,14H,2H2,(H,13,15). The lowest BCUT2D eigenvalue weighted by molar-refractivity contribution is -0.00270. The van der Waals surface area contributed by atoms with Crippen LogP contribution < -0.4 is 5.32 Å². The van der Waals surface area contributed by atoms with Crippen LogP contribution in [-0.2, 0) is 0 Å². The van der Waals surface area contributed by atoms with E-state index >= 15 is 0 Å². The summed E-state index contributed by atoms with van der Waals surface area (Å²) in [5, 5.41) is 11.0. The number of aliphatic hydroxyl groups is 1. The molecule has 0 aliphatic heterocycles. The van der Waals surface area contributed by atoms with E-state index in [2.05, 4.69) is 37.2 Å². The van der Waals surface area contributed by atoms with Gasteiger partial charge in [-0.15, -0.1) is 11.3 Å². The molecule has 1 heterocycles. The number of halogens is 4. The van der Waals surface area contributed by atoms with E-state index in [1.165, 1.54) is 11.3 Å². The molecular weight excluding hydrogens is 372 g/mol. The van der Waals surface area contributed by atoms with Gasteiger partial charge in [-0.3, -0.25) is 4.79 Å². The zero-order valence-electron chi connectivity index (χ0n) is 7.71. The highest BCUT2D eigenvalue weighted by atomic mass is 79.9. The van der Waals surface area contributed by atoms with Crippen LogP contribution in [0.1, 0.15) is 10.4 Å². The van der Waals surface area contributed by atoms with Crippen LogP contribution in [0.2, 0.25) is 0 Å². The molecule has 3 nitrogen and oxygen atoms in total. The highest BCUT2D eigenvalue weighted by Crippen LogP contribution is 2.31. The normalized spacial score (nSPS) is 12.9. The molecule has 0 aromatic carbocycles. The summed E-state index contributed by atoms with van der Waals surface area (Å²) in [6, 6.07) is 1.57. The van der Waals surface area contributed by atoms with E-state index in [1.54, 1.807) is 6.07 Å². The summed E-state index contributed by atoms with van der Waals surface area (Å²) in [6.45, 7) is -0.476. The van der Waals surface area contributed by atoms with Crippen LogP contribution in [0.4, 0.5) is 8.78 Å².